The molecule has 0 radical (unpaired) electrons. The monoisotopic (exact) mass is 254 g/mol. The van der Waals surface area contributed by atoms with E-state index in [0.29, 0.717) is 10.7 Å². The molecule has 0 bridgehead atoms. The summed E-state index contributed by atoms with van der Waals surface area (Å²) in [5.74, 6) is 0. The summed E-state index contributed by atoms with van der Waals surface area (Å²) in [5, 5.41) is 9.52. The fourth-order valence-electron chi connectivity index (χ4n) is 1.76. The Labute approximate surface area is 111 Å². The molecule has 0 aliphatic heterocycles. The van der Waals surface area contributed by atoms with Crippen LogP contribution in [0, 0.1) is 11.3 Å². The lowest BCUT2D eigenvalue weighted by atomic mass is 9.96. The van der Waals surface area contributed by atoms with Gasteiger partial charge in [-0.2, -0.15) is 5.26 Å². The number of nitrogens with zero attached hydrogens (tertiary/aromatic N) is 1. The lowest BCUT2D eigenvalue weighted by Crippen LogP contribution is -1.95. The molecule has 3 heteroatoms. The molecule has 2 rings (SSSR count). The van der Waals surface area contributed by atoms with Gasteiger partial charge >= 0.3 is 0 Å². The van der Waals surface area contributed by atoms with E-state index in [9.17, 15) is 0 Å². The maximum atomic E-state index is 8.92. The van der Waals surface area contributed by atoms with Gasteiger partial charge in [0.15, 0.2) is 0 Å². The van der Waals surface area contributed by atoms with Gasteiger partial charge in [-0.1, -0.05) is 41.9 Å². The smallest absolute Gasteiger partial charge is 0.0918 e. The highest BCUT2D eigenvalue weighted by Gasteiger charge is 2.08. The molecule has 0 heterocycles. The molecular weight excluding hydrogens is 244 g/mol. The van der Waals surface area contributed by atoms with E-state index >= 15 is 0 Å². The van der Waals surface area contributed by atoms with Crippen molar-refractivity contribution in [2.24, 2.45) is 0 Å². The third-order valence-corrected chi connectivity index (χ3v) is 2.83. The Kier molecular flexibility index (Phi) is 3.66. The van der Waals surface area contributed by atoms with Crippen molar-refractivity contribution in [3.8, 4) is 6.07 Å². The Morgan fingerprint density at radius 2 is 1.89 bits per heavy atom. The van der Waals surface area contributed by atoms with Gasteiger partial charge in [0.25, 0.3) is 0 Å². The van der Waals surface area contributed by atoms with Gasteiger partial charge in [-0.25, -0.2) is 0 Å². The second-order valence-corrected chi connectivity index (χ2v) is 4.22. The standard InChI is InChI=1S/C15H11ClN2/c16-12-6-7-15(18)14(10-12)13(8-9-17)11-4-2-1-3-5-11/h1-8,10H,18H2/b13-8+. The molecule has 0 fully saturated rings. The number of anilines is 1. The number of rotatable bonds is 2. The Hall–Kier alpha value is -2.24. The van der Waals surface area contributed by atoms with Gasteiger partial charge < -0.3 is 5.73 Å². The first-order valence-electron chi connectivity index (χ1n) is 5.43. The number of nitrogen functional groups attached to an aromatic ring is 1. The molecule has 2 N–H and O–H groups in total. The van der Waals surface area contributed by atoms with Crippen molar-refractivity contribution in [1.29, 1.82) is 5.26 Å². The van der Waals surface area contributed by atoms with Crippen LogP contribution in [0.3, 0.4) is 0 Å². The van der Waals surface area contributed by atoms with Crippen LogP contribution in [0.15, 0.2) is 54.6 Å². The first-order chi connectivity index (χ1) is 8.72. The molecule has 0 aromatic heterocycles. The number of nitrogens with two attached hydrogens (primary N) is 1. The minimum absolute atomic E-state index is 0.596. The zero-order chi connectivity index (χ0) is 13.0. The Morgan fingerprint density at radius 1 is 1.17 bits per heavy atom. The highest BCUT2D eigenvalue weighted by Crippen LogP contribution is 2.29. The molecule has 0 saturated carbocycles. The minimum Gasteiger partial charge on any atom is -0.398 e. The van der Waals surface area contributed by atoms with Crippen molar-refractivity contribution in [2.45, 2.75) is 0 Å². The normalized spacial score (nSPS) is 11.0. The lowest BCUT2D eigenvalue weighted by molar-refractivity contribution is 1.51. The molecule has 0 aliphatic rings. The summed E-state index contributed by atoms with van der Waals surface area (Å²) in [4.78, 5) is 0. The van der Waals surface area contributed by atoms with Gasteiger partial charge in [-0.05, 0) is 23.8 Å². The van der Waals surface area contributed by atoms with Crippen molar-refractivity contribution in [3.05, 3.63) is 70.8 Å². The fraction of sp³-hybridized carbons (Fsp3) is 0. The van der Waals surface area contributed by atoms with Crippen LogP contribution < -0.4 is 5.73 Å². The van der Waals surface area contributed by atoms with E-state index in [2.05, 4.69) is 6.07 Å². The minimum atomic E-state index is 0.596. The second kappa shape index (κ2) is 5.39. The van der Waals surface area contributed by atoms with Crippen LogP contribution in [0.2, 0.25) is 5.02 Å². The van der Waals surface area contributed by atoms with Crippen LogP contribution in [0.1, 0.15) is 11.1 Å². The largest absolute Gasteiger partial charge is 0.398 e. The number of nitriles is 1. The fourth-order valence-corrected chi connectivity index (χ4v) is 1.93. The molecule has 0 spiro atoms. The van der Waals surface area contributed by atoms with E-state index in [1.54, 1.807) is 18.2 Å². The van der Waals surface area contributed by atoms with Gasteiger partial charge in [-0.15, -0.1) is 0 Å². The molecule has 18 heavy (non-hydrogen) atoms. The molecule has 88 valence electrons. The van der Waals surface area contributed by atoms with E-state index < -0.39 is 0 Å². The second-order valence-electron chi connectivity index (χ2n) is 3.78. The van der Waals surface area contributed by atoms with Crippen LogP contribution in [-0.2, 0) is 0 Å². The van der Waals surface area contributed by atoms with Crippen LogP contribution in [0.5, 0.6) is 0 Å². The van der Waals surface area contributed by atoms with E-state index in [1.165, 1.54) is 6.08 Å². The summed E-state index contributed by atoms with van der Waals surface area (Å²) in [6.45, 7) is 0. The average molecular weight is 255 g/mol. The molecule has 0 atom stereocenters. The summed E-state index contributed by atoms with van der Waals surface area (Å²) in [5.41, 5.74) is 9.04. The topological polar surface area (TPSA) is 49.8 Å². The Balaban J connectivity index is 2.61. The van der Waals surface area contributed by atoms with Crippen molar-refractivity contribution >= 4 is 22.9 Å². The summed E-state index contributed by atoms with van der Waals surface area (Å²) < 4.78 is 0. The highest BCUT2D eigenvalue weighted by atomic mass is 35.5. The molecule has 0 saturated heterocycles. The summed E-state index contributed by atoms with van der Waals surface area (Å²) in [6.07, 6.45) is 1.48. The van der Waals surface area contributed by atoms with Gasteiger partial charge in [0.2, 0.25) is 0 Å². The van der Waals surface area contributed by atoms with Crippen LogP contribution in [-0.4, -0.2) is 0 Å². The van der Waals surface area contributed by atoms with Crippen LogP contribution >= 0.6 is 11.6 Å². The predicted octanol–water partition coefficient (Wildman–Crippen LogP) is 3.88. The molecule has 2 aromatic rings. The third kappa shape index (κ3) is 2.53. The molecular formula is C15H11ClN2. The molecule has 2 aromatic carbocycles. The molecule has 2 nitrogen and oxygen atoms in total. The van der Waals surface area contributed by atoms with E-state index in [-0.39, 0.29) is 0 Å². The Morgan fingerprint density at radius 3 is 2.56 bits per heavy atom. The van der Waals surface area contributed by atoms with E-state index in [4.69, 9.17) is 22.6 Å². The Bertz CT molecular complexity index is 625. The maximum absolute atomic E-state index is 8.92. The third-order valence-electron chi connectivity index (χ3n) is 2.60. The van der Waals surface area contributed by atoms with Gasteiger partial charge in [0, 0.05) is 27.9 Å². The van der Waals surface area contributed by atoms with Crippen molar-refractivity contribution in [3.63, 3.8) is 0 Å². The average Bonchev–Trinajstić information content (AvgIpc) is 2.40. The first-order valence-corrected chi connectivity index (χ1v) is 5.81. The SMILES string of the molecule is N#C/C=C(\c1ccccc1)c1cc(Cl)ccc1N. The zero-order valence-electron chi connectivity index (χ0n) is 9.60. The zero-order valence-corrected chi connectivity index (χ0v) is 10.4. The first kappa shape index (κ1) is 12.2. The van der Waals surface area contributed by atoms with Gasteiger partial charge in [0.1, 0.15) is 0 Å². The molecule has 0 amide bonds. The van der Waals surface area contributed by atoms with Crippen molar-refractivity contribution < 1.29 is 0 Å². The molecule has 0 aliphatic carbocycles. The lowest BCUT2D eigenvalue weighted by Gasteiger charge is -2.10. The summed E-state index contributed by atoms with van der Waals surface area (Å²) in [7, 11) is 0. The molecule has 0 unspecified atom stereocenters. The maximum Gasteiger partial charge on any atom is 0.0918 e. The van der Waals surface area contributed by atoms with Gasteiger partial charge in [-0.3, -0.25) is 0 Å². The quantitative estimate of drug-likeness (QED) is 0.653. The van der Waals surface area contributed by atoms with Crippen LogP contribution in [0.25, 0.3) is 5.57 Å². The van der Waals surface area contributed by atoms with Gasteiger partial charge in [0.05, 0.1) is 6.07 Å². The van der Waals surface area contributed by atoms with Crippen molar-refractivity contribution in [1.82, 2.24) is 0 Å². The number of allylic oxidation sites excluding steroid dienone is 1. The predicted molar refractivity (Wildman–Crippen MR) is 75.0 cm³/mol. The van der Waals surface area contributed by atoms with E-state index in [1.807, 2.05) is 30.3 Å². The number of hydrogen-bond acceptors (Lipinski definition) is 2. The number of halogens is 1. The highest BCUT2D eigenvalue weighted by molar-refractivity contribution is 6.30. The van der Waals surface area contributed by atoms with Crippen molar-refractivity contribution in [2.75, 3.05) is 5.73 Å². The van der Waals surface area contributed by atoms with E-state index in [0.717, 1.165) is 16.7 Å². The summed E-state index contributed by atoms with van der Waals surface area (Å²) in [6, 6.07) is 16.9. The van der Waals surface area contributed by atoms with Crippen LogP contribution in [0.4, 0.5) is 5.69 Å². The number of benzene rings is 2. The number of hydrogen-bond donors (Lipinski definition) is 1. The summed E-state index contributed by atoms with van der Waals surface area (Å²) >= 11 is 5.98.